The predicted octanol–water partition coefficient (Wildman–Crippen LogP) is 4.08. The largest absolute Gasteiger partial charge is 0.477 e. The van der Waals surface area contributed by atoms with E-state index in [0.29, 0.717) is 11.4 Å². The first-order valence-corrected chi connectivity index (χ1v) is 11.4. The van der Waals surface area contributed by atoms with Crippen LogP contribution in [0.15, 0.2) is 84.0 Å². The van der Waals surface area contributed by atoms with Crippen LogP contribution >= 0.6 is 0 Å². The van der Waals surface area contributed by atoms with Gasteiger partial charge in [-0.2, -0.15) is 0 Å². The Morgan fingerprint density at radius 3 is 2.34 bits per heavy atom. The molecule has 3 aromatic rings. The fourth-order valence-corrected chi connectivity index (χ4v) is 4.86. The summed E-state index contributed by atoms with van der Waals surface area (Å²) in [6, 6.07) is 17.2. The van der Waals surface area contributed by atoms with E-state index in [1.54, 1.807) is 75.1 Å². The first-order chi connectivity index (χ1) is 15.4. The molecule has 1 atom stereocenters. The van der Waals surface area contributed by atoms with Gasteiger partial charge in [-0.3, -0.25) is 9.71 Å². The highest BCUT2D eigenvalue weighted by atomic mass is 32.2. The van der Waals surface area contributed by atoms with Crippen LogP contribution in [0.3, 0.4) is 0 Å². The maximum absolute atomic E-state index is 12.8. The van der Waals surface area contributed by atoms with Crippen molar-refractivity contribution in [1.29, 1.82) is 0 Å². The molecule has 1 aromatic heterocycles. The van der Waals surface area contributed by atoms with Crippen molar-refractivity contribution >= 4 is 21.3 Å². The van der Waals surface area contributed by atoms with Crippen LogP contribution in [0.4, 0.5) is 5.69 Å². The molecule has 1 unspecified atom stereocenters. The van der Waals surface area contributed by atoms with E-state index in [4.69, 9.17) is 14.2 Å². The van der Waals surface area contributed by atoms with E-state index in [9.17, 15) is 8.42 Å². The van der Waals surface area contributed by atoms with Gasteiger partial charge in [-0.25, -0.2) is 8.42 Å². The minimum Gasteiger partial charge on any atom is -0.477 e. The molecule has 7 nitrogen and oxygen atoms in total. The van der Waals surface area contributed by atoms with Gasteiger partial charge >= 0.3 is 0 Å². The van der Waals surface area contributed by atoms with Gasteiger partial charge in [0.15, 0.2) is 5.60 Å². The van der Waals surface area contributed by atoms with Crippen molar-refractivity contribution in [3.05, 3.63) is 90.3 Å². The van der Waals surface area contributed by atoms with E-state index in [-0.39, 0.29) is 4.90 Å². The second kappa shape index (κ2) is 8.74. The highest BCUT2D eigenvalue weighted by molar-refractivity contribution is 7.92. The second-order valence-electron chi connectivity index (χ2n) is 7.51. The minimum absolute atomic E-state index is 0.189. The number of aromatic nitrogens is 1. The first kappa shape index (κ1) is 22.0. The fourth-order valence-electron chi connectivity index (χ4n) is 3.79. The summed E-state index contributed by atoms with van der Waals surface area (Å²) in [5, 5.41) is 0. The van der Waals surface area contributed by atoms with E-state index < -0.39 is 21.9 Å². The average Bonchev–Trinajstić information content (AvgIpc) is 2.80. The molecule has 166 valence electrons. The lowest BCUT2D eigenvalue weighted by molar-refractivity contribution is -0.180. The molecule has 1 aliphatic heterocycles. The van der Waals surface area contributed by atoms with Gasteiger partial charge in [-0.1, -0.05) is 18.2 Å². The van der Waals surface area contributed by atoms with Crippen LogP contribution in [0.25, 0.3) is 5.57 Å². The molecule has 0 saturated carbocycles. The van der Waals surface area contributed by atoms with E-state index in [2.05, 4.69) is 9.71 Å². The smallest absolute Gasteiger partial charge is 0.261 e. The van der Waals surface area contributed by atoms with Crippen molar-refractivity contribution in [2.24, 2.45) is 0 Å². The third kappa shape index (κ3) is 4.25. The Morgan fingerprint density at radius 2 is 1.69 bits per heavy atom. The van der Waals surface area contributed by atoms with Gasteiger partial charge in [0, 0.05) is 37.9 Å². The molecule has 0 radical (unpaired) electrons. The number of nitrogens with one attached hydrogen (secondary N) is 1. The Kier molecular flexibility index (Phi) is 6.01. The van der Waals surface area contributed by atoms with Crippen LogP contribution in [-0.4, -0.2) is 39.5 Å². The van der Waals surface area contributed by atoms with Crippen molar-refractivity contribution in [1.82, 2.24) is 4.98 Å². The zero-order chi connectivity index (χ0) is 22.8. The number of nitrogens with zero attached hydrogens (tertiary/aromatic N) is 1. The van der Waals surface area contributed by atoms with Crippen molar-refractivity contribution in [2.45, 2.75) is 23.7 Å². The number of pyridine rings is 1. The van der Waals surface area contributed by atoms with Crippen molar-refractivity contribution in [3.8, 4) is 5.75 Å². The molecule has 0 saturated heterocycles. The normalized spacial score (nSPS) is 17.9. The maximum Gasteiger partial charge on any atom is 0.261 e. The Morgan fingerprint density at radius 1 is 1.00 bits per heavy atom. The van der Waals surface area contributed by atoms with Gasteiger partial charge in [0.25, 0.3) is 10.0 Å². The summed E-state index contributed by atoms with van der Waals surface area (Å²) < 4.78 is 45.5. The summed E-state index contributed by atoms with van der Waals surface area (Å²) in [5.74, 6) is 0.587. The van der Waals surface area contributed by atoms with Crippen molar-refractivity contribution in [2.75, 3.05) is 18.9 Å². The van der Waals surface area contributed by atoms with Crippen molar-refractivity contribution in [3.63, 3.8) is 0 Å². The van der Waals surface area contributed by atoms with Crippen LogP contribution < -0.4 is 9.46 Å². The lowest BCUT2D eigenvalue weighted by atomic mass is 9.89. The lowest BCUT2D eigenvalue weighted by Gasteiger charge is -2.38. The molecule has 0 aliphatic carbocycles. The molecular formula is C24H24N2O5S. The number of anilines is 1. The van der Waals surface area contributed by atoms with E-state index >= 15 is 0 Å². The maximum atomic E-state index is 12.8. The second-order valence-corrected chi connectivity index (χ2v) is 9.20. The number of hydrogen-bond donors (Lipinski definition) is 1. The number of hydrogen-bond acceptors (Lipinski definition) is 6. The zero-order valence-electron chi connectivity index (χ0n) is 18.0. The van der Waals surface area contributed by atoms with Gasteiger partial charge in [0.2, 0.25) is 6.29 Å². The SMILES string of the molecule is COC(OC)C1(C)C=C(c2ccncc2)c2cc(NS(=O)(=O)c3ccccc3)ccc2O1. The topological polar surface area (TPSA) is 86.8 Å². The third-order valence-corrected chi connectivity index (χ3v) is 6.62. The molecular weight excluding hydrogens is 428 g/mol. The van der Waals surface area contributed by atoms with Gasteiger partial charge in [-0.05, 0) is 66.6 Å². The fraction of sp³-hybridized carbons (Fsp3) is 0.208. The number of sulfonamides is 1. The Hall–Kier alpha value is -3.20. The first-order valence-electron chi connectivity index (χ1n) is 9.96. The summed E-state index contributed by atoms with van der Waals surface area (Å²) >= 11 is 0. The van der Waals surface area contributed by atoms with Crippen LogP contribution in [0.5, 0.6) is 5.75 Å². The molecule has 2 heterocycles. The molecule has 1 N–H and O–H groups in total. The molecule has 4 rings (SSSR count). The molecule has 0 spiro atoms. The van der Waals surface area contributed by atoms with Crippen LogP contribution in [0, 0.1) is 0 Å². The lowest BCUT2D eigenvalue weighted by Crippen LogP contribution is -2.47. The average molecular weight is 453 g/mol. The van der Waals surface area contributed by atoms with Gasteiger partial charge in [0.05, 0.1) is 4.90 Å². The molecule has 2 aromatic carbocycles. The Labute approximate surface area is 187 Å². The van der Waals surface area contributed by atoms with E-state index in [1.807, 2.05) is 25.1 Å². The van der Waals surface area contributed by atoms with E-state index in [1.165, 1.54) is 0 Å². The van der Waals surface area contributed by atoms with Gasteiger partial charge < -0.3 is 14.2 Å². The molecule has 8 heteroatoms. The molecule has 0 bridgehead atoms. The van der Waals surface area contributed by atoms with Crippen molar-refractivity contribution < 1.29 is 22.6 Å². The number of ether oxygens (including phenoxy) is 3. The molecule has 0 fully saturated rings. The number of methoxy groups -OCH3 is 2. The molecule has 0 amide bonds. The summed E-state index contributed by atoms with van der Waals surface area (Å²) in [6.07, 6.45) is 4.69. The number of rotatable bonds is 7. The Balaban J connectivity index is 1.78. The minimum atomic E-state index is -3.73. The summed E-state index contributed by atoms with van der Waals surface area (Å²) in [6.45, 7) is 1.88. The van der Waals surface area contributed by atoms with Gasteiger partial charge in [-0.15, -0.1) is 0 Å². The highest BCUT2D eigenvalue weighted by Gasteiger charge is 2.40. The predicted molar refractivity (Wildman–Crippen MR) is 122 cm³/mol. The zero-order valence-corrected chi connectivity index (χ0v) is 18.8. The monoisotopic (exact) mass is 452 g/mol. The third-order valence-electron chi connectivity index (χ3n) is 5.22. The number of benzene rings is 2. The standard InChI is InChI=1S/C24H24N2O5S/c1-24(23(29-2)30-3)16-21(17-11-13-25-14-12-17)20-15-18(9-10-22(20)31-24)26-32(27,28)19-7-5-4-6-8-19/h4-16,23,26H,1-3H3. The highest BCUT2D eigenvalue weighted by Crippen LogP contribution is 2.42. The quantitative estimate of drug-likeness (QED) is 0.544. The number of fused-ring (bicyclic) bond motifs is 1. The van der Waals surface area contributed by atoms with Crippen LogP contribution in [-0.2, 0) is 19.5 Å². The summed E-state index contributed by atoms with van der Waals surface area (Å²) in [5.41, 5.74) is 2.03. The Bertz CT molecular complexity index is 1230. The van der Waals surface area contributed by atoms with Crippen LogP contribution in [0.1, 0.15) is 18.1 Å². The summed E-state index contributed by atoms with van der Waals surface area (Å²) in [4.78, 5) is 4.29. The van der Waals surface area contributed by atoms with Gasteiger partial charge in [0.1, 0.15) is 5.75 Å². The van der Waals surface area contributed by atoms with E-state index in [0.717, 1.165) is 16.7 Å². The van der Waals surface area contributed by atoms with Crippen LogP contribution in [0.2, 0.25) is 0 Å². The molecule has 32 heavy (non-hydrogen) atoms. The molecule has 1 aliphatic rings. The summed E-state index contributed by atoms with van der Waals surface area (Å²) in [7, 11) is -0.616.